The summed E-state index contributed by atoms with van der Waals surface area (Å²) in [6, 6.07) is 0.134. The van der Waals surface area contributed by atoms with E-state index in [2.05, 4.69) is 17.3 Å². The molecular weight excluding hydrogens is 246 g/mol. The van der Waals surface area contributed by atoms with Gasteiger partial charge in [-0.15, -0.1) is 0 Å². The number of nitrogens with zero attached hydrogens (tertiary/aromatic N) is 2. The first-order valence-electron chi connectivity index (χ1n) is 7.03. The highest BCUT2D eigenvalue weighted by Gasteiger charge is 2.29. The molecule has 0 aliphatic carbocycles. The number of likely N-dealkylation sites (tertiary alicyclic amines) is 2. The molecule has 2 aliphatic heterocycles. The number of carboxylic acid groups (broad SMARTS) is 1. The van der Waals surface area contributed by atoms with E-state index in [-0.39, 0.29) is 12.1 Å². The minimum absolute atomic E-state index is 0.0968. The molecule has 0 radical (unpaired) electrons. The summed E-state index contributed by atoms with van der Waals surface area (Å²) in [5, 5.41) is 12.1. The fourth-order valence-electron chi connectivity index (χ4n) is 2.78. The van der Waals surface area contributed by atoms with Gasteiger partial charge in [-0.3, -0.25) is 4.79 Å². The highest BCUT2D eigenvalue weighted by molar-refractivity contribution is 5.76. The number of carbonyl (C=O) groups excluding carboxylic acids is 1. The second-order valence-electron chi connectivity index (χ2n) is 5.65. The predicted octanol–water partition coefficient (Wildman–Crippen LogP) is 0.587. The van der Waals surface area contributed by atoms with Crippen molar-refractivity contribution in [1.82, 2.24) is 15.1 Å². The van der Waals surface area contributed by atoms with Crippen LogP contribution in [0, 0.1) is 5.92 Å². The van der Waals surface area contributed by atoms with Crippen LogP contribution in [0.1, 0.15) is 25.7 Å². The smallest absolute Gasteiger partial charge is 0.317 e. The third-order valence-electron chi connectivity index (χ3n) is 4.10. The second-order valence-corrected chi connectivity index (χ2v) is 5.65. The van der Waals surface area contributed by atoms with Crippen molar-refractivity contribution in [3.05, 3.63) is 0 Å². The summed E-state index contributed by atoms with van der Waals surface area (Å²) in [6.45, 7) is 3.02. The number of piperidine rings is 2. The van der Waals surface area contributed by atoms with E-state index in [1.54, 1.807) is 4.90 Å². The zero-order chi connectivity index (χ0) is 13.8. The van der Waals surface area contributed by atoms with Crippen molar-refractivity contribution in [3.63, 3.8) is 0 Å². The van der Waals surface area contributed by atoms with Crippen molar-refractivity contribution in [2.45, 2.75) is 31.7 Å². The number of hydrogen-bond acceptors (Lipinski definition) is 3. The molecule has 2 aliphatic rings. The van der Waals surface area contributed by atoms with Gasteiger partial charge in [0.2, 0.25) is 0 Å². The van der Waals surface area contributed by atoms with Gasteiger partial charge in [0, 0.05) is 19.1 Å². The van der Waals surface area contributed by atoms with E-state index >= 15 is 0 Å². The maximum Gasteiger partial charge on any atom is 0.317 e. The monoisotopic (exact) mass is 269 g/mol. The number of hydrogen-bond donors (Lipinski definition) is 2. The molecule has 2 saturated heterocycles. The summed E-state index contributed by atoms with van der Waals surface area (Å²) in [4.78, 5) is 27.0. The van der Waals surface area contributed by atoms with E-state index in [1.165, 1.54) is 0 Å². The number of amides is 2. The SMILES string of the molecule is CN1CCC(NC(=O)N2CCCC(C(=O)O)C2)CC1. The molecule has 0 aromatic heterocycles. The number of urea groups is 1. The van der Waals surface area contributed by atoms with Gasteiger partial charge in [0.15, 0.2) is 0 Å². The van der Waals surface area contributed by atoms with Gasteiger partial charge in [-0.05, 0) is 45.8 Å². The molecule has 0 bridgehead atoms. The Labute approximate surface area is 113 Å². The van der Waals surface area contributed by atoms with Crippen molar-refractivity contribution in [1.29, 1.82) is 0 Å². The number of carbonyl (C=O) groups is 2. The average Bonchev–Trinajstić information content (AvgIpc) is 2.41. The van der Waals surface area contributed by atoms with Gasteiger partial charge in [0.05, 0.1) is 5.92 Å². The van der Waals surface area contributed by atoms with E-state index in [0.29, 0.717) is 19.5 Å². The maximum atomic E-state index is 12.1. The van der Waals surface area contributed by atoms with Crippen molar-refractivity contribution < 1.29 is 14.7 Å². The second kappa shape index (κ2) is 6.23. The van der Waals surface area contributed by atoms with Crippen LogP contribution in [-0.4, -0.2) is 66.2 Å². The quantitative estimate of drug-likeness (QED) is 0.769. The van der Waals surface area contributed by atoms with Crippen LogP contribution in [0.25, 0.3) is 0 Å². The third-order valence-corrected chi connectivity index (χ3v) is 4.10. The van der Waals surface area contributed by atoms with Crippen LogP contribution in [0.3, 0.4) is 0 Å². The summed E-state index contributed by atoms with van der Waals surface area (Å²) in [7, 11) is 2.08. The molecule has 2 rings (SSSR count). The molecule has 6 heteroatoms. The van der Waals surface area contributed by atoms with Gasteiger partial charge in [-0.2, -0.15) is 0 Å². The minimum atomic E-state index is -0.795. The summed E-state index contributed by atoms with van der Waals surface area (Å²) in [5.74, 6) is -1.20. The molecule has 0 spiro atoms. The van der Waals surface area contributed by atoms with Crippen molar-refractivity contribution in [2.24, 2.45) is 5.92 Å². The Balaban J connectivity index is 1.80. The van der Waals surface area contributed by atoms with Crippen molar-refractivity contribution in [3.8, 4) is 0 Å². The lowest BCUT2D eigenvalue weighted by atomic mass is 9.98. The predicted molar refractivity (Wildman–Crippen MR) is 71.0 cm³/mol. The fourth-order valence-corrected chi connectivity index (χ4v) is 2.78. The van der Waals surface area contributed by atoms with Gasteiger partial charge >= 0.3 is 12.0 Å². The van der Waals surface area contributed by atoms with Crippen LogP contribution < -0.4 is 5.32 Å². The molecule has 6 nitrogen and oxygen atoms in total. The Morgan fingerprint density at radius 1 is 1.16 bits per heavy atom. The van der Waals surface area contributed by atoms with Crippen LogP contribution >= 0.6 is 0 Å². The third kappa shape index (κ3) is 3.83. The summed E-state index contributed by atoms with van der Waals surface area (Å²) in [6.07, 6.45) is 3.39. The minimum Gasteiger partial charge on any atom is -0.481 e. The first kappa shape index (κ1) is 14.1. The van der Waals surface area contributed by atoms with Crippen LogP contribution in [0.4, 0.5) is 4.79 Å². The topological polar surface area (TPSA) is 72.9 Å². The van der Waals surface area contributed by atoms with Gasteiger partial charge in [0.25, 0.3) is 0 Å². The van der Waals surface area contributed by atoms with E-state index < -0.39 is 11.9 Å². The van der Waals surface area contributed by atoms with Gasteiger partial charge in [-0.25, -0.2) is 4.79 Å². The van der Waals surface area contributed by atoms with Crippen LogP contribution in [-0.2, 0) is 4.79 Å². The molecule has 0 saturated carbocycles. The van der Waals surface area contributed by atoms with E-state index in [1.807, 2.05) is 0 Å². The molecule has 108 valence electrons. The highest BCUT2D eigenvalue weighted by Crippen LogP contribution is 2.17. The molecule has 2 fully saturated rings. The normalized spacial score (nSPS) is 26.2. The van der Waals surface area contributed by atoms with Crippen molar-refractivity contribution >= 4 is 12.0 Å². The van der Waals surface area contributed by atoms with E-state index in [9.17, 15) is 9.59 Å². The summed E-state index contributed by atoms with van der Waals surface area (Å²) in [5.41, 5.74) is 0. The maximum absolute atomic E-state index is 12.1. The summed E-state index contributed by atoms with van der Waals surface area (Å²) < 4.78 is 0. The molecule has 0 aromatic carbocycles. The van der Waals surface area contributed by atoms with Gasteiger partial charge in [0.1, 0.15) is 0 Å². The lowest BCUT2D eigenvalue weighted by Crippen LogP contribution is -2.51. The Kier molecular flexibility index (Phi) is 4.63. The standard InChI is InChI=1S/C13H23N3O3/c1-15-7-4-11(5-8-15)14-13(19)16-6-2-3-10(9-16)12(17)18/h10-11H,2-9H2,1H3,(H,14,19)(H,17,18). The molecule has 19 heavy (non-hydrogen) atoms. The lowest BCUT2D eigenvalue weighted by molar-refractivity contribution is -0.143. The zero-order valence-corrected chi connectivity index (χ0v) is 11.5. The Morgan fingerprint density at radius 3 is 2.47 bits per heavy atom. The Hall–Kier alpha value is -1.30. The Morgan fingerprint density at radius 2 is 1.84 bits per heavy atom. The molecule has 2 heterocycles. The summed E-state index contributed by atoms with van der Waals surface area (Å²) >= 11 is 0. The largest absolute Gasteiger partial charge is 0.481 e. The first-order chi connectivity index (χ1) is 9.06. The fraction of sp³-hybridized carbons (Fsp3) is 0.846. The number of rotatable bonds is 2. The zero-order valence-electron chi connectivity index (χ0n) is 11.5. The molecule has 0 aromatic rings. The Bertz CT molecular complexity index is 340. The number of carboxylic acids is 1. The van der Waals surface area contributed by atoms with E-state index in [4.69, 9.17) is 5.11 Å². The first-order valence-corrected chi connectivity index (χ1v) is 7.03. The van der Waals surface area contributed by atoms with Crippen molar-refractivity contribution in [2.75, 3.05) is 33.2 Å². The number of nitrogens with one attached hydrogen (secondary N) is 1. The number of aliphatic carboxylic acids is 1. The molecule has 1 unspecified atom stereocenters. The van der Waals surface area contributed by atoms with E-state index in [0.717, 1.165) is 32.4 Å². The lowest BCUT2D eigenvalue weighted by Gasteiger charge is -2.34. The average molecular weight is 269 g/mol. The molecule has 1 atom stereocenters. The van der Waals surface area contributed by atoms with Crippen LogP contribution in [0.5, 0.6) is 0 Å². The molecular formula is C13H23N3O3. The highest BCUT2D eigenvalue weighted by atomic mass is 16.4. The van der Waals surface area contributed by atoms with Gasteiger partial charge in [-0.1, -0.05) is 0 Å². The van der Waals surface area contributed by atoms with Crippen LogP contribution in [0.2, 0.25) is 0 Å². The molecule has 2 amide bonds. The molecule has 2 N–H and O–H groups in total. The van der Waals surface area contributed by atoms with Crippen LogP contribution in [0.15, 0.2) is 0 Å². The van der Waals surface area contributed by atoms with Gasteiger partial charge < -0.3 is 20.2 Å².